The van der Waals surface area contributed by atoms with Crippen LogP contribution in [0.15, 0.2) is 39.5 Å². The Hall–Kier alpha value is -2.38. The molecule has 0 saturated heterocycles. The summed E-state index contributed by atoms with van der Waals surface area (Å²) in [6.07, 6.45) is 0. The molecule has 2 rings (SSSR count). The third-order valence-corrected chi connectivity index (χ3v) is 2.11. The van der Waals surface area contributed by atoms with Crippen molar-refractivity contribution in [3.8, 4) is 0 Å². The van der Waals surface area contributed by atoms with Crippen LogP contribution < -0.4 is 23.0 Å². The Kier molecular flexibility index (Phi) is 4.41. The maximum Gasteiger partial charge on any atom is 0.343 e. The first-order valence-corrected chi connectivity index (χ1v) is 5.00. The number of hydrazine groups is 2. The van der Waals surface area contributed by atoms with E-state index in [0.717, 1.165) is 10.9 Å². The molecule has 96 valence electrons. The maximum absolute atomic E-state index is 10.9. The van der Waals surface area contributed by atoms with Gasteiger partial charge in [0.2, 0.25) is 0 Å². The van der Waals surface area contributed by atoms with Gasteiger partial charge in [-0.15, -0.1) is 0 Å². The molecule has 1 aromatic carbocycles. The lowest BCUT2D eigenvalue weighted by Gasteiger charge is -2.00. The van der Waals surface area contributed by atoms with Crippen molar-refractivity contribution in [1.29, 1.82) is 0 Å². The molecule has 0 aliphatic rings. The van der Waals surface area contributed by atoms with Gasteiger partial charge in [0.25, 0.3) is 0 Å². The molecule has 1 aromatic heterocycles. The van der Waals surface area contributed by atoms with Crippen molar-refractivity contribution >= 4 is 17.0 Å². The molecule has 0 fully saturated rings. The molecule has 2 amide bonds. The van der Waals surface area contributed by atoms with Gasteiger partial charge in [-0.3, -0.25) is 0 Å². The summed E-state index contributed by atoms with van der Waals surface area (Å²) in [5.41, 5.74) is 5.80. The molecule has 18 heavy (non-hydrogen) atoms. The van der Waals surface area contributed by atoms with E-state index in [0.29, 0.717) is 10.7 Å². The van der Waals surface area contributed by atoms with Crippen molar-refractivity contribution in [3.63, 3.8) is 0 Å². The minimum atomic E-state index is -0.852. The molecule has 0 saturated carbocycles. The Labute approximate surface area is 103 Å². The zero-order valence-electron chi connectivity index (χ0n) is 9.79. The summed E-state index contributed by atoms with van der Waals surface area (Å²) >= 11 is 0. The van der Waals surface area contributed by atoms with Crippen LogP contribution in [0.2, 0.25) is 0 Å². The van der Waals surface area contributed by atoms with Gasteiger partial charge in [-0.05, 0) is 18.6 Å². The third-order valence-electron chi connectivity index (χ3n) is 2.11. The van der Waals surface area contributed by atoms with Crippen LogP contribution >= 0.6 is 0 Å². The van der Waals surface area contributed by atoms with Gasteiger partial charge in [-0.1, -0.05) is 18.2 Å². The third kappa shape index (κ3) is 3.58. The van der Waals surface area contributed by atoms with E-state index in [1.54, 1.807) is 6.07 Å². The fourth-order valence-corrected chi connectivity index (χ4v) is 1.27. The zero-order valence-corrected chi connectivity index (χ0v) is 9.79. The van der Waals surface area contributed by atoms with Crippen LogP contribution in [0.4, 0.5) is 4.79 Å². The first kappa shape index (κ1) is 13.7. The van der Waals surface area contributed by atoms with Crippen molar-refractivity contribution in [1.82, 2.24) is 5.12 Å². The van der Waals surface area contributed by atoms with E-state index in [4.69, 9.17) is 4.42 Å². The largest absolute Gasteiger partial charge is 0.423 e. The number of nitrogens with two attached hydrogens (primary N) is 3. The number of carbonyl (C=O) groups excluding carboxylic acids is 1. The molecule has 0 bridgehead atoms. The van der Waals surface area contributed by atoms with Crippen LogP contribution in [0.25, 0.3) is 11.0 Å². The number of para-hydroxylation sites is 1. The summed E-state index contributed by atoms with van der Waals surface area (Å²) in [6, 6.07) is 8.16. The predicted molar refractivity (Wildman–Crippen MR) is 67.0 cm³/mol. The highest BCUT2D eigenvalue weighted by Crippen LogP contribution is 2.14. The number of hydrogen-bond acceptors (Lipinski definition) is 5. The Morgan fingerprint density at radius 3 is 2.39 bits per heavy atom. The van der Waals surface area contributed by atoms with E-state index in [2.05, 4.69) is 17.4 Å². The first-order chi connectivity index (χ1) is 8.41. The number of primary amides is 1. The molecule has 0 atom stereocenters. The van der Waals surface area contributed by atoms with E-state index in [9.17, 15) is 9.59 Å². The molecule has 2 aromatic rings. The normalized spacial score (nSPS) is 9.50. The number of aryl methyl sites for hydroxylation is 1. The van der Waals surface area contributed by atoms with Gasteiger partial charge >= 0.3 is 11.7 Å². The quantitative estimate of drug-likeness (QED) is 0.266. The molecule has 1 heterocycles. The summed E-state index contributed by atoms with van der Waals surface area (Å²) in [5, 5.41) is 1.30. The summed E-state index contributed by atoms with van der Waals surface area (Å²) in [5.74, 6) is 9.14. The van der Waals surface area contributed by atoms with E-state index >= 15 is 0 Å². The van der Waals surface area contributed by atoms with Crippen molar-refractivity contribution < 1.29 is 9.21 Å². The van der Waals surface area contributed by atoms with Crippen molar-refractivity contribution in [2.45, 2.75) is 6.92 Å². The molecular weight excluding hydrogens is 236 g/mol. The second kappa shape index (κ2) is 5.80. The lowest BCUT2D eigenvalue weighted by atomic mass is 10.1. The van der Waals surface area contributed by atoms with Gasteiger partial charge in [-0.25, -0.2) is 21.3 Å². The highest BCUT2D eigenvalue weighted by Gasteiger charge is 1.98. The molecular formula is C11H14N4O3. The molecule has 0 spiro atoms. The number of benzene rings is 1. The van der Waals surface area contributed by atoms with Gasteiger partial charge in [0.05, 0.1) is 0 Å². The lowest BCUT2D eigenvalue weighted by Crippen LogP contribution is -2.46. The topological polar surface area (TPSA) is 129 Å². The molecule has 0 radical (unpaired) electrons. The van der Waals surface area contributed by atoms with E-state index < -0.39 is 6.03 Å². The van der Waals surface area contributed by atoms with Crippen LogP contribution in [0.5, 0.6) is 0 Å². The first-order valence-electron chi connectivity index (χ1n) is 5.00. The van der Waals surface area contributed by atoms with Crippen LogP contribution in [0.3, 0.4) is 0 Å². The minimum absolute atomic E-state index is 0.286. The zero-order chi connectivity index (χ0) is 13.7. The molecule has 0 unspecified atom stereocenters. The van der Waals surface area contributed by atoms with Crippen molar-refractivity contribution in [2.75, 3.05) is 0 Å². The second-order valence-electron chi connectivity index (χ2n) is 3.49. The number of amides is 2. The monoisotopic (exact) mass is 250 g/mol. The van der Waals surface area contributed by atoms with Crippen LogP contribution in [-0.2, 0) is 0 Å². The number of fused-ring (bicyclic) bond motifs is 1. The average Bonchev–Trinajstić information content (AvgIpc) is 2.29. The van der Waals surface area contributed by atoms with Crippen LogP contribution in [-0.4, -0.2) is 11.1 Å². The Bertz CT molecular complexity index is 607. The minimum Gasteiger partial charge on any atom is -0.423 e. The fourth-order valence-electron chi connectivity index (χ4n) is 1.27. The van der Waals surface area contributed by atoms with Crippen LogP contribution in [0.1, 0.15) is 5.56 Å². The number of urea groups is 1. The number of carbonyl (C=O) groups is 1. The standard InChI is InChI=1S/C10H8O2.CH6N4O/c1-7-6-10(11)12-9-5-3-2-4-8(7)9;2-1(6)5(3)4/h2-6H,1H3;3-4H2,(H2,2,6). The Balaban J connectivity index is 0.000000232. The Morgan fingerprint density at radius 1 is 1.28 bits per heavy atom. The fraction of sp³-hybridized carbons (Fsp3) is 0.0909. The van der Waals surface area contributed by atoms with Gasteiger partial charge in [0.1, 0.15) is 5.58 Å². The number of nitrogens with zero attached hydrogens (tertiary/aromatic N) is 1. The molecule has 7 nitrogen and oxygen atoms in total. The summed E-state index contributed by atoms with van der Waals surface area (Å²) in [4.78, 5) is 20.5. The summed E-state index contributed by atoms with van der Waals surface area (Å²) in [6.45, 7) is 1.90. The van der Waals surface area contributed by atoms with Gasteiger partial charge in [0.15, 0.2) is 0 Å². The summed E-state index contributed by atoms with van der Waals surface area (Å²) in [7, 11) is 0. The molecule has 0 aliphatic carbocycles. The maximum atomic E-state index is 10.9. The smallest absolute Gasteiger partial charge is 0.343 e. The van der Waals surface area contributed by atoms with E-state index in [1.807, 2.05) is 25.1 Å². The predicted octanol–water partition coefficient (Wildman–Crippen LogP) is 0.216. The molecule has 0 aliphatic heterocycles. The second-order valence-corrected chi connectivity index (χ2v) is 3.49. The number of hydrogen-bond donors (Lipinski definition) is 3. The highest BCUT2D eigenvalue weighted by molar-refractivity contribution is 5.79. The van der Waals surface area contributed by atoms with Crippen LogP contribution in [0, 0.1) is 6.92 Å². The summed E-state index contributed by atoms with van der Waals surface area (Å²) < 4.78 is 4.99. The Morgan fingerprint density at radius 2 is 1.83 bits per heavy atom. The molecule has 6 N–H and O–H groups in total. The molecule has 7 heteroatoms. The van der Waals surface area contributed by atoms with Crippen molar-refractivity contribution in [3.05, 3.63) is 46.3 Å². The van der Waals surface area contributed by atoms with Gasteiger partial charge in [-0.2, -0.15) is 5.12 Å². The van der Waals surface area contributed by atoms with Gasteiger partial charge < -0.3 is 10.2 Å². The highest BCUT2D eigenvalue weighted by atomic mass is 16.4. The van der Waals surface area contributed by atoms with E-state index in [-0.39, 0.29) is 5.63 Å². The lowest BCUT2D eigenvalue weighted by molar-refractivity contribution is 0.210. The SMILES string of the molecule is Cc1cc(=O)oc2ccccc12.NC(=O)N(N)N. The number of rotatable bonds is 0. The van der Waals surface area contributed by atoms with E-state index in [1.165, 1.54) is 6.07 Å². The average molecular weight is 250 g/mol. The van der Waals surface area contributed by atoms with Gasteiger partial charge in [0, 0.05) is 11.5 Å². The van der Waals surface area contributed by atoms with Crippen molar-refractivity contribution in [2.24, 2.45) is 17.4 Å².